The zero-order valence-electron chi connectivity index (χ0n) is 12.7. The van der Waals surface area contributed by atoms with Crippen LogP contribution in [0.15, 0.2) is 0 Å². The highest BCUT2D eigenvalue weighted by Crippen LogP contribution is 2.24. The zero-order valence-corrected chi connectivity index (χ0v) is 12.7. The summed E-state index contributed by atoms with van der Waals surface area (Å²) in [5.41, 5.74) is 0. The van der Waals surface area contributed by atoms with Crippen LogP contribution in [0.4, 0.5) is 4.79 Å². The molecule has 0 spiro atoms. The van der Waals surface area contributed by atoms with Gasteiger partial charge in [-0.2, -0.15) is 0 Å². The zero-order chi connectivity index (χ0) is 15.0. The van der Waals surface area contributed by atoms with Crippen LogP contribution < -0.4 is 5.32 Å². The van der Waals surface area contributed by atoms with Gasteiger partial charge >= 0.3 is 12.0 Å². The van der Waals surface area contributed by atoms with E-state index in [1.54, 1.807) is 11.9 Å². The lowest BCUT2D eigenvalue weighted by Gasteiger charge is -2.28. The smallest absolute Gasteiger partial charge is 0.317 e. The van der Waals surface area contributed by atoms with Crippen LogP contribution in [0.2, 0.25) is 0 Å². The summed E-state index contributed by atoms with van der Waals surface area (Å²) >= 11 is 0. The van der Waals surface area contributed by atoms with E-state index in [1.165, 1.54) is 32.1 Å². The van der Waals surface area contributed by atoms with Gasteiger partial charge in [0.2, 0.25) is 0 Å². The van der Waals surface area contributed by atoms with Gasteiger partial charge in [0.25, 0.3) is 0 Å². The molecule has 1 atom stereocenters. The molecule has 5 nitrogen and oxygen atoms in total. The largest absolute Gasteiger partial charge is 0.481 e. The highest BCUT2D eigenvalue weighted by Gasteiger charge is 2.21. The van der Waals surface area contributed by atoms with E-state index in [4.69, 9.17) is 5.11 Å². The van der Waals surface area contributed by atoms with Crippen LogP contribution >= 0.6 is 0 Å². The number of hydrogen-bond acceptors (Lipinski definition) is 2. The van der Waals surface area contributed by atoms with Crippen molar-refractivity contribution in [3.05, 3.63) is 0 Å². The van der Waals surface area contributed by atoms with Crippen LogP contribution in [0.1, 0.15) is 58.3 Å². The van der Waals surface area contributed by atoms with Crippen molar-refractivity contribution in [1.29, 1.82) is 0 Å². The van der Waals surface area contributed by atoms with Gasteiger partial charge in [0.05, 0.1) is 6.42 Å². The maximum absolute atomic E-state index is 12.1. The Labute approximate surface area is 121 Å². The Hall–Kier alpha value is -1.26. The van der Waals surface area contributed by atoms with E-state index in [2.05, 4.69) is 5.32 Å². The minimum Gasteiger partial charge on any atom is -0.481 e. The predicted molar refractivity (Wildman–Crippen MR) is 78.7 cm³/mol. The monoisotopic (exact) mass is 284 g/mol. The Morgan fingerprint density at radius 3 is 2.50 bits per heavy atom. The van der Waals surface area contributed by atoms with Crippen LogP contribution in [0.25, 0.3) is 0 Å². The number of nitrogens with zero attached hydrogens (tertiary/aromatic N) is 1. The molecule has 1 saturated carbocycles. The van der Waals surface area contributed by atoms with E-state index in [9.17, 15) is 9.59 Å². The fourth-order valence-corrected chi connectivity index (χ4v) is 2.91. The second kappa shape index (κ2) is 8.82. The molecule has 1 fully saturated rings. The van der Waals surface area contributed by atoms with Crippen LogP contribution in [0.3, 0.4) is 0 Å². The van der Waals surface area contributed by atoms with E-state index in [0.717, 1.165) is 13.0 Å². The molecule has 1 aliphatic rings. The third kappa shape index (κ3) is 6.26. The Balaban J connectivity index is 2.39. The lowest BCUT2D eigenvalue weighted by atomic mass is 9.89. The van der Waals surface area contributed by atoms with E-state index in [0.29, 0.717) is 12.3 Å². The van der Waals surface area contributed by atoms with Crippen LogP contribution in [-0.4, -0.2) is 41.6 Å². The summed E-state index contributed by atoms with van der Waals surface area (Å²) in [6.45, 7) is 2.77. The minimum atomic E-state index is -0.862. The number of rotatable bonds is 7. The molecule has 0 aliphatic heterocycles. The first-order valence-corrected chi connectivity index (χ1v) is 7.76. The first kappa shape index (κ1) is 16.8. The number of amides is 2. The standard InChI is InChI=1S/C15H28N2O3/c1-3-7-13(10-14(18)19)16-15(20)17(2)11-12-8-5-4-6-9-12/h12-13H,3-11H2,1-2H3,(H,16,20)(H,18,19). The van der Waals surface area contributed by atoms with Gasteiger partial charge in [-0.25, -0.2) is 4.79 Å². The van der Waals surface area contributed by atoms with Gasteiger partial charge in [-0.3, -0.25) is 4.79 Å². The molecule has 2 amide bonds. The third-order valence-corrected chi connectivity index (χ3v) is 3.99. The quantitative estimate of drug-likeness (QED) is 0.755. The summed E-state index contributed by atoms with van der Waals surface area (Å²) in [6, 6.07) is -0.408. The summed E-state index contributed by atoms with van der Waals surface area (Å²) in [5, 5.41) is 11.7. The molecule has 0 radical (unpaired) electrons. The van der Waals surface area contributed by atoms with Gasteiger partial charge in [0, 0.05) is 19.6 Å². The van der Waals surface area contributed by atoms with Crippen molar-refractivity contribution in [2.75, 3.05) is 13.6 Å². The average molecular weight is 284 g/mol. The van der Waals surface area contributed by atoms with Crippen molar-refractivity contribution < 1.29 is 14.7 Å². The number of carbonyl (C=O) groups is 2. The Morgan fingerprint density at radius 2 is 1.95 bits per heavy atom. The number of carboxylic acids is 1. The molecule has 2 N–H and O–H groups in total. The molecule has 1 aliphatic carbocycles. The van der Waals surface area contributed by atoms with Gasteiger partial charge in [-0.15, -0.1) is 0 Å². The predicted octanol–water partition coefficient (Wildman–Crippen LogP) is 2.85. The summed E-state index contributed by atoms with van der Waals surface area (Å²) in [5.74, 6) is -0.262. The molecule has 116 valence electrons. The maximum Gasteiger partial charge on any atom is 0.317 e. The number of carboxylic acid groups (broad SMARTS) is 1. The lowest BCUT2D eigenvalue weighted by Crippen LogP contribution is -2.45. The van der Waals surface area contributed by atoms with Crippen molar-refractivity contribution in [2.24, 2.45) is 5.92 Å². The highest BCUT2D eigenvalue weighted by molar-refractivity contribution is 5.75. The van der Waals surface area contributed by atoms with Crippen LogP contribution in [-0.2, 0) is 4.79 Å². The van der Waals surface area contributed by atoms with E-state index in [1.807, 2.05) is 6.92 Å². The van der Waals surface area contributed by atoms with E-state index >= 15 is 0 Å². The molecular formula is C15H28N2O3. The molecule has 5 heteroatoms. The van der Waals surface area contributed by atoms with Crippen molar-refractivity contribution in [3.8, 4) is 0 Å². The summed E-state index contributed by atoms with van der Waals surface area (Å²) in [6.07, 6.45) is 7.80. The lowest BCUT2D eigenvalue weighted by molar-refractivity contribution is -0.137. The van der Waals surface area contributed by atoms with E-state index < -0.39 is 5.97 Å². The Bertz CT molecular complexity index is 314. The number of aliphatic carboxylic acids is 1. The number of urea groups is 1. The SMILES string of the molecule is CCCC(CC(=O)O)NC(=O)N(C)CC1CCCCC1. The molecule has 20 heavy (non-hydrogen) atoms. The van der Waals surface area contributed by atoms with Gasteiger partial charge in [0.1, 0.15) is 0 Å². The molecule has 0 aromatic rings. The summed E-state index contributed by atoms with van der Waals surface area (Å²) < 4.78 is 0. The second-order valence-electron chi connectivity index (χ2n) is 5.92. The highest BCUT2D eigenvalue weighted by atomic mass is 16.4. The van der Waals surface area contributed by atoms with Crippen LogP contribution in [0, 0.1) is 5.92 Å². The fourth-order valence-electron chi connectivity index (χ4n) is 2.91. The van der Waals surface area contributed by atoms with Gasteiger partial charge in [-0.05, 0) is 25.2 Å². The minimum absolute atomic E-state index is 0.00313. The summed E-state index contributed by atoms with van der Waals surface area (Å²) in [4.78, 5) is 24.6. The Kier molecular flexibility index (Phi) is 7.41. The number of nitrogens with one attached hydrogen (secondary N) is 1. The maximum atomic E-state index is 12.1. The summed E-state index contributed by atoms with van der Waals surface area (Å²) in [7, 11) is 1.80. The molecule has 0 aromatic carbocycles. The van der Waals surface area contributed by atoms with Crippen LogP contribution in [0.5, 0.6) is 0 Å². The van der Waals surface area contributed by atoms with Gasteiger partial charge in [-0.1, -0.05) is 32.6 Å². The van der Waals surface area contributed by atoms with Gasteiger partial charge < -0.3 is 15.3 Å². The first-order valence-electron chi connectivity index (χ1n) is 7.76. The molecule has 0 aromatic heterocycles. The van der Waals surface area contributed by atoms with Crippen molar-refractivity contribution in [1.82, 2.24) is 10.2 Å². The molecule has 0 bridgehead atoms. The molecular weight excluding hydrogens is 256 g/mol. The average Bonchev–Trinajstić information content (AvgIpc) is 2.39. The molecule has 1 rings (SSSR count). The molecule has 1 unspecified atom stereocenters. The van der Waals surface area contributed by atoms with E-state index in [-0.39, 0.29) is 18.5 Å². The normalized spacial score (nSPS) is 17.5. The second-order valence-corrected chi connectivity index (χ2v) is 5.92. The van der Waals surface area contributed by atoms with Crippen molar-refractivity contribution in [2.45, 2.75) is 64.3 Å². The van der Waals surface area contributed by atoms with Gasteiger partial charge in [0.15, 0.2) is 0 Å². The van der Waals surface area contributed by atoms with Crippen molar-refractivity contribution in [3.63, 3.8) is 0 Å². The Morgan fingerprint density at radius 1 is 1.30 bits per heavy atom. The van der Waals surface area contributed by atoms with Crippen molar-refractivity contribution >= 4 is 12.0 Å². The third-order valence-electron chi connectivity index (χ3n) is 3.99. The number of hydrogen-bond donors (Lipinski definition) is 2. The first-order chi connectivity index (χ1) is 9.52. The number of carbonyl (C=O) groups excluding carboxylic acids is 1. The molecule has 0 heterocycles. The fraction of sp³-hybridized carbons (Fsp3) is 0.867. The topological polar surface area (TPSA) is 69.6 Å². The molecule has 0 saturated heterocycles.